The minimum absolute atomic E-state index is 0.0463. The van der Waals surface area contributed by atoms with E-state index in [-0.39, 0.29) is 18.3 Å². The zero-order valence-electron chi connectivity index (χ0n) is 11.1. The van der Waals surface area contributed by atoms with E-state index in [4.69, 9.17) is 4.74 Å². The van der Waals surface area contributed by atoms with Gasteiger partial charge in [0.05, 0.1) is 6.10 Å². The molecule has 1 amide bonds. The summed E-state index contributed by atoms with van der Waals surface area (Å²) in [6.45, 7) is 1.70. The van der Waals surface area contributed by atoms with E-state index in [9.17, 15) is 9.18 Å². The molecule has 0 bridgehead atoms. The van der Waals surface area contributed by atoms with Crippen molar-refractivity contribution < 1.29 is 13.9 Å². The van der Waals surface area contributed by atoms with E-state index in [0.29, 0.717) is 5.56 Å². The molecule has 5 heteroatoms. The number of thiophene rings is 1. The van der Waals surface area contributed by atoms with Crippen molar-refractivity contribution in [2.45, 2.75) is 13.0 Å². The fourth-order valence-electron chi connectivity index (χ4n) is 1.73. The monoisotopic (exact) mass is 281 g/mol. The molecular weight excluding hydrogens is 265 g/mol. The fraction of sp³-hybridized carbons (Fsp3) is 0.357. The van der Waals surface area contributed by atoms with Crippen molar-refractivity contribution in [3.8, 4) is 0 Å². The second-order valence-corrected chi connectivity index (χ2v) is 5.52. The average Bonchev–Trinajstić information content (AvgIpc) is 2.81. The summed E-state index contributed by atoms with van der Waals surface area (Å²) in [7, 11) is 3.32. The second kappa shape index (κ2) is 5.67. The van der Waals surface area contributed by atoms with Crippen LogP contribution in [0.1, 0.15) is 18.6 Å². The van der Waals surface area contributed by atoms with E-state index in [1.807, 2.05) is 11.4 Å². The first-order valence-electron chi connectivity index (χ1n) is 5.97. The van der Waals surface area contributed by atoms with Crippen LogP contribution in [-0.4, -0.2) is 31.5 Å². The number of hydrogen-bond donors (Lipinski definition) is 0. The first-order valence-corrected chi connectivity index (χ1v) is 6.85. The third kappa shape index (κ3) is 3.11. The number of likely N-dealkylation sites (N-methyl/N-ethyl adjacent to an activating group) is 1. The summed E-state index contributed by atoms with van der Waals surface area (Å²) in [6.07, 6.45) is -0.451. The van der Waals surface area contributed by atoms with Crippen LogP contribution in [-0.2, 0) is 9.53 Å². The van der Waals surface area contributed by atoms with Crippen LogP contribution >= 0.6 is 11.3 Å². The van der Waals surface area contributed by atoms with Gasteiger partial charge in [0, 0.05) is 24.4 Å². The van der Waals surface area contributed by atoms with Gasteiger partial charge < -0.3 is 9.64 Å². The number of amides is 1. The van der Waals surface area contributed by atoms with E-state index < -0.39 is 6.10 Å². The molecule has 3 nitrogen and oxygen atoms in total. The number of halogens is 1. The van der Waals surface area contributed by atoms with Gasteiger partial charge in [0.1, 0.15) is 12.4 Å². The topological polar surface area (TPSA) is 29.5 Å². The van der Waals surface area contributed by atoms with Gasteiger partial charge in [0.15, 0.2) is 0 Å². The Bertz CT molecular complexity index is 594. The number of rotatable bonds is 4. The van der Waals surface area contributed by atoms with Gasteiger partial charge in [-0.15, -0.1) is 11.3 Å². The number of carbonyl (C=O) groups is 1. The van der Waals surface area contributed by atoms with Gasteiger partial charge in [-0.2, -0.15) is 0 Å². The number of nitrogens with zero attached hydrogens (tertiary/aromatic N) is 1. The van der Waals surface area contributed by atoms with Gasteiger partial charge in [-0.1, -0.05) is 0 Å². The van der Waals surface area contributed by atoms with Crippen LogP contribution in [0.3, 0.4) is 0 Å². The number of carbonyl (C=O) groups excluding carboxylic acids is 1. The highest BCUT2D eigenvalue weighted by Crippen LogP contribution is 2.28. The lowest BCUT2D eigenvalue weighted by atomic mass is 10.1. The molecule has 0 N–H and O–H groups in total. The molecule has 0 aliphatic rings. The van der Waals surface area contributed by atoms with Gasteiger partial charge in [0.2, 0.25) is 5.91 Å². The highest BCUT2D eigenvalue weighted by molar-refractivity contribution is 7.17. The van der Waals surface area contributed by atoms with Crippen molar-refractivity contribution in [2.24, 2.45) is 0 Å². The Morgan fingerprint density at radius 1 is 1.47 bits per heavy atom. The lowest BCUT2D eigenvalue weighted by molar-refractivity contribution is -0.135. The molecule has 0 aliphatic heterocycles. The summed E-state index contributed by atoms with van der Waals surface area (Å²) < 4.78 is 20.3. The lowest BCUT2D eigenvalue weighted by Crippen LogP contribution is -2.26. The molecule has 1 aromatic carbocycles. The second-order valence-electron chi connectivity index (χ2n) is 4.57. The summed E-state index contributed by atoms with van der Waals surface area (Å²) in [5.74, 6) is -0.427. The molecule has 0 aliphatic carbocycles. The largest absolute Gasteiger partial charge is 0.364 e. The summed E-state index contributed by atoms with van der Waals surface area (Å²) in [6, 6.07) is 5.25. The standard InChI is InChI=1S/C14H16FNO2S/c1-9(18-8-14(17)16(2)3)11-6-10-4-5-19-13(10)7-12(11)15/h4-7,9H,8H2,1-3H3. The number of ether oxygens (including phenoxy) is 1. The Morgan fingerprint density at radius 3 is 2.89 bits per heavy atom. The molecule has 102 valence electrons. The van der Waals surface area contributed by atoms with Gasteiger partial charge in [-0.3, -0.25) is 4.79 Å². The molecule has 19 heavy (non-hydrogen) atoms. The first kappa shape index (κ1) is 14.0. The van der Waals surface area contributed by atoms with Crippen LogP contribution < -0.4 is 0 Å². The highest BCUT2D eigenvalue weighted by atomic mass is 32.1. The van der Waals surface area contributed by atoms with Crippen LogP contribution in [0.5, 0.6) is 0 Å². The van der Waals surface area contributed by atoms with Crippen LogP contribution in [0.2, 0.25) is 0 Å². The summed E-state index contributed by atoms with van der Waals surface area (Å²) in [4.78, 5) is 12.9. The third-order valence-corrected chi connectivity index (χ3v) is 3.84. The van der Waals surface area contributed by atoms with E-state index in [2.05, 4.69) is 0 Å². The summed E-state index contributed by atoms with van der Waals surface area (Å²) in [5, 5.41) is 2.92. The maximum atomic E-state index is 14.0. The van der Waals surface area contributed by atoms with Crippen LogP contribution in [0.15, 0.2) is 23.6 Å². The number of fused-ring (bicyclic) bond motifs is 1. The Hall–Kier alpha value is -1.46. The Balaban J connectivity index is 2.14. The number of benzene rings is 1. The van der Waals surface area contributed by atoms with E-state index in [1.165, 1.54) is 22.3 Å². The molecule has 1 atom stereocenters. The minimum atomic E-state index is -0.451. The third-order valence-electron chi connectivity index (χ3n) is 2.97. The van der Waals surface area contributed by atoms with Crippen molar-refractivity contribution >= 4 is 27.3 Å². The van der Waals surface area contributed by atoms with Crippen molar-refractivity contribution in [1.82, 2.24) is 4.90 Å². The Labute approximate surface area is 115 Å². The van der Waals surface area contributed by atoms with Crippen LogP contribution in [0.4, 0.5) is 4.39 Å². The fourth-order valence-corrected chi connectivity index (χ4v) is 2.52. The predicted molar refractivity (Wildman–Crippen MR) is 74.8 cm³/mol. The number of hydrogen-bond acceptors (Lipinski definition) is 3. The predicted octanol–water partition coefficient (Wildman–Crippen LogP) is 3.21. The average molecular weight is 281 g/mol. The molecule has 0 saturated heterocycles. The first-order chi connectivity index (χ1) is 8.99. The molecule has 2 rings (SSSR count). The maximum Gasteiger partial charge on any atom is 0.248 e. The molecule has 2 aromatic rings. The zero-order chi connectivity index (χ0) is 14.0. The Morgan fingerprint density at radius 2 is 2.21 bits per heavy atom. The van der Waals surface area contributed by atoms with Gasteiger partial charge in [0.25, 0.3) is 0 Å². The van der Waals surface area contributed by atoms with Crippen molar-refractivity contribution in [3.63, 3.8) is 0 Å². The van der Waals surface area contributed by atoms with Gasteiger partial charge in [-0.05, 0) is 35.9 Å². The van der Waals surface area contributed by atoms with E-state index >= 15 is 0 Å². The Kier molecular flexibility index (Phi) is 4.17. The smallest absolute Gasteiger partial charge is 0.248 e. The molecule has 0 fully saturated rings. The molecule has 1 aromatic heterocycles. The molecule has 0 saturated carbocycles. The molecule has 1 heterocycles. The molecule has 1 unspecified atom stereocenters. The van der Waals surface area contributed by atoms with Crippen molar-refractivity contribution in [2.75, 3.05) is 20.7 Å². The van der Waals surface area contributed by atoms with Crippen molar-refractivity contribution in [1.29, 1.82) is 0 Å². The van der Waals surface area contributed by atoms with Crippen molar-refractivity contribution in [3.05, 3.63) is 35.0 Å². The van der Waals surface area contributed by atoms with E-state index in [0.717, 1.165) is 10.1 Å². The normalized spacial score (nSPS) is 12.6. The summed E-state index contributed by atoms with van der Waals surface area (Å²) >= 11 is 1.50. The van der Waals surface area contributed by atoms with Crippen LogP contribution in [0, 0.1) is 5.82 Å². The zero-order valence-corrected chi connectivity index (χ0v) is 12.0. The molecule has 0 spiro atoms. The highest BCUT2D eigenvalue weighted by Gasteiger charge is 2.15. The molecular formula is C14H16FNO2S. The quantitative estimate of drug-likeness (QED) is 0.861. The van der Waals surface area contributed by atoms with Gasteiger partial charge in [-0.25, -0.2) is 4.39 Å². The SMILES string of the molecule is CC(OCC(=O)N(C)C)c1cc2ccsc2cc1F. The van der Waals surface area contributed by atoms with E-state index in [1.54, 1.807) is 27.1 Å². The summed E-state index contributed by atoms with van der Waals surface area (Å²) in [5.41, 5.74) is 0.484. The lowest BCUT2D eigenvalue weighted by Gasteiger charge is -2.16. The molecule has 0 radical (unpaired) electrons. The maximum absolute atomic E-state index is 14.0. The van der Waals surface area contributed by atoms with Gasteiger partial charge >= 0.3 is 0 Å². The van der Waals surface area contributed by atoms with Crippen LogP contribution in [0.25, 0.3) is 10.1 Å². The minimum Gasteiger partial charge on any atom is -0.364 e.